The standard InChI is InChI=1S/C17H23FN4O2/c1-21(10-16-19-20-17(22(16)2)12-3-4-12)9-14(23)11-24-15-7-5-13(18)6-8-15/h5-8,12,14,23H,3-4,9-11H2,1-2H3. The lowest BCUT2D eigenvalue weighted by atomic mass is 10.3. The maximum atomic E-state index is 12.8. The lowest BCUT2D eigenvalue weighted by Gasteiger charge is -2.20. The first-order valence-electron chi connectivity index (χ1n) is 8.16. The third kappa shape index (κ3) is 4.30. The molecule has 7 heteroatoms. The summed E-state index contributed by atoms with van der Waals surface area (Å²) in [5.74, 6) is 2.75. The largest absolute Gasteiger partial charge is 0.491 e. The number of benzene rings is 1. The number of halogens is 1. The Balaban J connectivity index is 1.45. The average molecular weight is 334 g/mol. The van der Waals surface area contributed by atoms with Crippen molar-refractivity contribution in [1.82, 2.24) is 19.7 Å². The van der Waals surface area contributed by atoms with Gasteiger partial charge >= 0.3 is 0 Å². The zero-order chi connectivity index (χ0) is 17.1. The highest BCUT2D eigenvalue weighted by Crippen LogP contribution is 2.38. The molecule has 3 rings (SSSR count). The molecule has 1 aliphatic carbocycles. The minimum absolute atomic E-state index is 0.155. The van der Waals surface area contributed by atoms with Crippen LogP contribution in [-0.4, -0.2) is 51.1 Å². The predicted molar refractivity (Wildman–Crippen MR) is 87.2 cm³/mol. The number of aromatic nitrogens is 3. The van der Waals surface area contributed by atoms with Gasteiger partial charge in [-0.05, 0) is 44.2 Å². The van der Waals surface area contributed by atoms with Gasteiger partial charge < -0.3 is 14.4 Å². The van der Waals surface area contributed by atoms with Crippen LogP contribution in [0, 0.1) is 5.82 Å². The molecule has 0 amide bonds. The van der Waals surface area contributed by atoms with Gasteiger partial charge in [0.25, 0.3) is 0 Å². The maximum Gasteiger partial charge on any atom is 0.146 e. The molecule has 1 saturated carbocycles. The van der Waals surface area contributed by atoms with Gasteiger partial charge in [-0.25, -0.2) is 4.39 Å². The first-order valence-corrected chi connectivity index (χ1v) is 8.16. The number of hydrogen-bond acceptors (Lipinski definition) is 5. The predicted octanol–water partition coefficient (Wildman–Crippen LogP) is 1.70. The lowest BCUT2D eigenvalue weighted by molar-refractivity contribution is 0.0734. The number of hydrogen-bond donors (Lipinski definition) is 1. The molecule has 1 N–H and O–H groups in total. The quantitative estimate of drug-likeness (QED) is 0.796. The van der Waals surface area contributed by atoms with E-state index < -0.39 is 6.10 Å². The number of ether oxygens (including phenoxy) is 1. The fourth-order valence-corrected chi connectivity index (χ4v) is 2.65. The monoisotopic (exact) mass is 334 g/mol. The van der Waals surface area contributed by atoms with E-state index in [1.807, 2.05) is 19.0 Å². The van der Waals surface area contributed by atoms with Crippen LogP contribution in [0.3, 0.4) is 0 Å². The smallest absolute Gasteiger partial charge is 0.146 e. The van der Waals surface area contributed by atoms with E-state index in [2.05, 4.69) is 14.8 Å². The Hall–Kier alpha value is -1.99. The van der Waals surface area contributed by atoms with Crippen molar-refractivity contribution in [3.8, 4) is 5.75 Å². The van der Waals surface area contributed by atoms with Gasteiger partial charge in [-0.3, -0.25) is 4.90 Å². The Kier molecular flexibility index (Phi) is 5.11. The van der Waals surface area contributed by atoms with Crippen LogP contribution in [0.25, 0.3) is 0 Å². The fraction of sp³-hybridized carbons (Fsp3) is 0.529. The van der Waals surface area contributed by atoms with Gasteiger partial charge in [-0.2, -0.15) is 0 Å². The summed E-state index contributed by atoms with van der Waals surface area (Å²) >= 11 is 0. The molecule has 0 bridgehead atoms. The van der Waals surface area contributed by atoms with Crippen molar-refractivity contribution in [1.29, 1.82) is 0 Å². The molecule has 1 unspecified atom stereocenters. The summed E-state index contributed by atoms with van der Waals surface area (Å²) in [6, 6.07) is 5.76. The summed E-state index contributed by atoms with van der Waals surface area (Å²) in [4.78, 5) is 1.99. The van der Waals surface area contributed by atoms with E-state index in [1.165, 1.54) is 25.0 Å². The Labute approximate surface area is 140 Å². The van der Waals surface area contributed by atoms with Crippen LogP contribution in [0.2, 0.25) is 0 Å². The molecule has 0 aliphatic heterocycles. The molecule has 1 heterocycles. The molecule has 0 radical (unpaired) electrons. The molecule has 24 heavy (non-hydrogen) atoms. The molecule has 6 nitrogen and oxygen atoms in total. The lowest BCUT2D eigenvalue weighted by Crippen LogP contribution is -2.33. The number of rotatable bonds is 8. The topological polar surface area (TPSA) is 63.4 Å². The van der Waals surface area contributed by atoms with Crippen molar-refractivity contribution in [2.45, 2.75) is 31.4 Å². The van der Waals surface area contributed by atoms with Crippen LogP contribution in [0.4, 0.5) is 4.39 Å². The van der Waals surface area contributed by atoms with Gasteiger partial charge in [0, 0.05) is 19.5 Å². The van der Waals surface area contributed by atoms with Gasteiger partial charge in [-0.1, -0.05) is 0 Å². The Bertz CT molecular complexity index is 670. The van der Waals surface area contributed by atoms with Gasteiger partial charge in [0.1, 0.15) is 35.9 Å². The first-order chi connectivity index (χ1) is 11.5. The van der Waals surface area contributed by atoms with Crippen molar-refractivity contribution < 1.29 is 14.2 Å². The summed E-state index contributed by atoms with van der Waals surface area (Å²) in [6.45, 7) is 1.22. The van der Waals surface area contributed by atoms with Gasteiger partial charge in [0.15, 0.2) is 0 Å². The van der Waals surface area contributed by atoms with E-state index in [-0.39, 0.29) is 12.4 Å². The maximum absolute atomic E-state index is 12.8. The summed E-state index contributed by atoms with van der Waals surface area (Å²) < 4.78 is 20.3. The number of aliphatic hydroxyl groups excluding tert-OH is 1. The highest BCUT2D eigenvalue weighted by atomic mass is 19.1. The van der Waals surface area contributed by atoms with Crippen LogP contribution in [0.15, 0.2) is 24.3 Å². The number of nitrogens with zero attached hydrogens (tertiary/aromatic N) is 4. The molecule has 2 aromatic rings. The molecule has 1 fully saturated rings. The first kappa shape index (κ1) is 16.9. The van der Waals surface area contributed by atoms with Crippen LogP contribution in [0.1, 0.15) is 30.4 Å². The minimum atomic E-state index is -0.642. The van der Waals surface area contributed by atoms with E-state index in [9.17, 15) is 9.50 Å². The third-order valence-corrected chi connectivity index (χ3v) is 4.13. The van der Waals surface area contributed by atoms with Gasteiger partial charge in [0.05, 0.1) is 6.54 Å². The second kappa shape index (κ2) is 7.27. The SMILES string of the molecule is CN(Cc1nnc(C2CC2)n1C)CC(O)COc1ccc(F)cc1. The summed E-state index contributed by atoms with van der Waals surface area (Å²) in [5.41, 5.74) is 0. The summed E-state index contributed by atoms with van der Waals surface area (Å²) in [7, 11) is 3.91. The molecular formula is C17H23FN4O2. The Morgan fingerprint density at radius 3 is 2.71 bits per heavy atom. The normalized spacial score (nSPS) is 15.7. The van der Waals surface area contributed by atoms with E-state index in [4.69, 9.17) is 4.74 Å². The minimum Gasteiger partial charge on any atom is -0.491 e. The summed E-state index contributed by atoms with van der Waals surface area (Å²) in [6.07, 6.45) is 1.75. The van der Waals surface area contributed by atoms with Crippen LogP contribution >= 0.6 is 0 Å². The molecule has 0 spiro atoms. The number of likely N-dealkylation sites (N-methyl/N-ethyl adjacent to an activating group) is 1. The molecule has 1 aliphatic rings. The van der Waals surface area contributed by atoms with Crippen molar-refractivity contribution in [3.05, 3.63) is 41.7 Å². The second-order valence-electron chi connectivity index (χ2n) is 6.42. The molecule has 1 aromatic carbocycles. The highest BCUT2D eigenvalue weighted by Gasteiger charge is 2.29. The van der Waals surface area contributed by atoms with Gasteiger partial charge in [0.2, 0.25) is 0 Å². The Morgan fingerprint density at radius 1 is 1.33 bits per heavy atom. The van der Waals surface area contributed by atoms with Gasteiger partial charge in [-0.15, -0.1) is 10.2 Å². The Morgan fingerprint density at radius 2 is 2.04 bits per heavy atom. The molecule has 0 saturated heterocycles. The van der Waals surface area contributed by atoms with E-state index >= 15 is 0 Å². The third-order valence-electron chi connectivity index (χ3n) is 4.13. The summed E-state index contributed by atoms with van der Waals surface area (Å²) in [5, 5.41) is 18.6. The highest BCUT2D eigenvalue weighted by molar-refractivity contribution is 5.22. The van der Waals surface area contributed by atoms with Crippen LogP contribution < -0.4 is 4.74 Å². The zero-order valence-electron chi connectivity index (χ0n) is 14.0. The zero-order valence-corrected chi connectivity index (χ0v) is 14.0. The fourth-order valence-electron chi connectivity index (χ4n) is 2.65. The van der Waals surface area contributed by atoms with Crippen LogP contribution in [0.5, 0.6) is 5.75 Å². The van der Waals surface area contributed by atoms with Crippen molar-refractivity contribution in [3.63, 3.8) is 0 Å². The number of aliphatic hydroxyl groups is 1. The molecule has 1 atom stereocenters. The average Bonchev–Trinajstić information content (AvgIpc) is 3.32. The van der Waals surface area contributed by atoms with Crippen molar-refractivity contribution in [2.75, 3.05) is 20.2 Å². The van der Waals surface area contributed by atoms with Crippen LogP contribution in [-0.2, 0) is 13.6 Å². The van der Waals surface area contributed by atoms with E-state index in [0.717, 1.165) is 11.6 Å². The van der Waals surface area contributed by atoms with Crippen molar-refractivity contribution >= 4 is 0 Å². The molecule has 1 aromatic heterocycles. The molecule has 130 valence electrons. The van der Waals surface area contributed by atoms with E-state index in [1.54, 1.807) is 12.1 Å². The molecular weight excluding hydrogens is 311 g/mol. The van der Waals surface area contributed by atoms with E-state index in [0.29, 0.717) is 24.8 Å². The second-order valence-corrected chi connectivity index (χ2v) is 6.42. The van der Waals surface area contributed by atoms with Crippen molar-refractivity contribution in [2.24, 2.45) is 7.05 Å².